The first-order chi connectivity index (χ1) is 10.9. The van der Waals surface area contributed by atoms with Crippen molar-refractivity contribution in [2.45, 2.75) is 6.18 Å². The van der Waals surface area contributed by atoms with E-state index in [0.29, 0.717) is 11.8 Å². The van der Waals surface area contributed by atoms with Crippen LogP contribution in [-0.2, 0) is 6.18 Å². The van der Waals surface area contributed by atoms with Gasteiger partial charge in [-0.25, -0.2) is 9.97 Å². The molecule has 3 rings (SSSR count). The topological polar surface area (TPSA) is 42.9 Å². The summed E-state index contributed by atoms with van der Waals surface area (Å²) in [6.45, 7) is 0. The van der Waals surface area contributed by atoms with Gasteiger partial charge in [-0.3, -0.25) is 4.79 Å². The number of aldehydes is 1. The average Bonchev–Trinajstić information content (AvgIpc) is 2.52. The van der Waals surface area contributed by atoms with Gasteiger partial charge in [0.25, 0.3) is 0 Å². The largest absolute Gasteiger partial charge is 0.416 e. The highest BCUT2D eigenvalue weighted by Crippen LogP contribution is 2.32. The fourth-order valence-electron chi connectivity index (χ4n) is 2.18. The van der Waals surface area contributed by atoms with E-state index in [1.165, 1.54) is 6.07 Å². The molecule has 0 aliphatic rings. The number of halogens is 4. The Bertz CT molecular complexity index is 909. The highest BCUT2D eigenvalue weighted by molar-refractivity contribution is 9.10. The van der Waals surface area contributed by atoms with E-state index in [1.54, 1.807) is 24.3 Å². The summed E-state index contributed by atoms with van der Waals surface area (Å²) in [6.07, 6.45) is -3.96. The first-order valence-electron chi connectivity index (χ1n) is 6.48. The van der Waals surface area contributed by atoms with Gasteiger partial charge in [0.15, 0.2) is 12.1 Å². The number of carbonyl (C=O) groups is 1. The second kappa shape index (κ2) is 5.73. The third-order valence-electron chi connectivity index (χ3n) is 3.25. The van der Waals surface area contributed by atoms with Crippen LogP contribution in [0.4, 0.5) is 13.2 Å². The fraction of sp³-hybridized carbons (Fsp3) is 0.0625. The molecule has 3 nitrogen and oxygen atoms in total. The summed E-state index contributed by atoms with van der Waals surface area (Å²) < 4.78 is 39.3. The van der Waals surface area contributed by atoms with Crippen LogP contribution >= 0.6 is 15.9 Å². The second-order valence-electron chi connectivity index (χ2n) is 4.79. The number of benzene rings is 2. The van der Waals surface area contributed by atoms with Crippen molar-refractivity contribution in [2.24, 2.45) is 0 Å². The van der Waals surface area contributed by atoms with E-state index in [2.05, 4.69) is 25.9 Å². The van der Waals surface area contributed by atoms with Gasteiger partial charge in [0.1, 0.15) is 5.69 Å². The molecule has 2 aromatic carbocycles. The van der Waals surface area contributed by atoms with Gasteiger partial charge in [0.2, 0.25) is 0 Å². The third kappa shape index (κ3) is 3.10. The molecule has 0 atom stereocenters. The van der Waals surface area contributed by atoms with E-state index in [9.17, 15) is 18.0 Å². The van der Waals surface area contributed by atoms with Crippen LogP contribution in [0.2, 0.25) is 0 Å². The van der Waals surface area contributed by atoms with Crippen LogP contribution in [0, 0.1) is 0 Å². The summed E-state index contributed by atoms with van der Waals surface area (Å²) in [6, 6.07) is 10.0. The third-order valence-corrected chi connectivity index (χ3v) is 3.74. The molecule has 0 fully saturated rings. The number of fused-ring (bicyclic) bond motifs is 1. The second-order valence-corrected chi connectivity index (χ2v) is 5.71. The average molecular weight is 381 g/mol. The Morgan fingerprint density at radius 1 is 1.04 bits per heavy atom. The maximum absolute atomic E-state index is 12.9. The fourth-order valence-corrected chi connectivity index (χ4v) is 2.58. The van der Waals surface area contributed by atoms with Gasteiger partial charge in [-0.2, -0.15) is 13.2 Å². The number of hydrogen-bond donors (Lipinski definition) is 0. The zero-order valence-electron chi connectivity index (χ0n) is 11.4. The molecular formula is C16H8BrF3N2O. The molecule has 0 spiro atoms. The Hall–Kier alpha value is -2.28. The predicted octanol–water partition coefficient (Wildman–Crippen LogP) is 4.89. The number of nitrogens with zero attached hydrogens (tertiary/aromatic N) is 2. The van der Waals surface area contributed by atoms with Gasteiger partial charge in [0.05, 0.1) is 11.1 Å². The summed E-state index contributed by atoms with van der Waals surface area (Å²) in [5.41, 5.74) is -0.0897. The molecule has 0 bridgehead atoms. The van der Waals surface area contributed by atoms with Crippen LogP contribution in [0.1, 0.15) is 16.1 Å². The maximum atomic E-state index is 12.9. The van der Waals surface area contributed by atoms with Crippen LogP contribution in [0.15, 0.2) is 46.9 Å². The first kappa shape index (κ1) is 15.6. The van der Waals surface area contributed by atoms with Gasteiger partial charge in [-0.05, 0) is 30.3 Å². The van der Waals surface area contributed by atoms with Gasteiger partial charge in [-0.15, -0.1) is 0 Å². The molecule has 23 heavy (non-hydrogen) atoms. The van der Waals surface area contributed by atoms with E-state index in [-0.39, 0.29) is 22.4 Å². The lowest BCUT2D eigenvalue weighted by Gasteiger charge is -2.09. The Balaban J connectivity index is 2.26. The normalized spacial score (nSPS) is 11.7. The highest BCUT2D eigenvalue weighted by atomic mass is 79.9. The highest BCUT2D eigenvalue weighted by Gasteiger charge is 2.30. The molecule has 0 unspecified atom stereocenters. The lowest BCUT2D eigenvalue weighted by atomic mass is 10.1. The molecule has 0 amide bonds. The molecule has 1 heterocycles. The van der Waals surface area contributed by atoms with Crippen LogP contribution < -0.4 is 0 Å². The van der Waals surface area contributed by atoms with Gasteiger partial charge < -0.3 is 0 Å². The SMILES string of the molecule is O=Cc1nc(-c2cccc(Br)c2)nc2cc(C(F)(F)F)ccc12. The van der Waals surface area contributed by atoms with Crippen molar-refractivity contribution in [2.75, 3.05) is 0 Å². The molecule has 0 saturated heterocycles. The molecule has 0 aliphatic carbocycles. The van der Waals surface area contributed by atoms with Crippen LogP contribution in [0.3, 0.4) is 0 Å². The van der Waals surface area contributed by atoms with Crippen molar-refractivity contribution in [3.05, 3.63) is 58.2 Å². The van der Waals surface area contributed by atoms with E-state index < -0.39 is 11.7 Å². The first-order valence-corrected chi connectivity index (χ1v) is 7.28. The predicted molar refractivity (Wildman–Crippen MR) is 83.1 cm³/mol. The number of hydrogen-bond acceptors (Lipinski definition) is 3. The van der Waals surface area contributed by atoms with Gasteiger partial charge in [0, 0.05) is 15.4 Å². The van der Waals surface area contributed by atoms with Crippen molar-refractivity contribution < 1.29 is 18.0 Å². The molecule has 0 saturated carbocycles. The van der Waals surface area contributed by atoms with Crippen molar-refractivity contribution in [1.82, 2.24) is 9.97 Å². The zero-order chi connectivity index (χ0) is 16.6. The number of rotatable bonds is 2. The van der Waals surface area contributed by atoms with E-state index >= 15 is 0 Å². The summed E-state index contributed by atoms with van der Waals surface area (Å²) in [5.74, 6) is 0.195. The smallest absolute Gasteiger partial charge is 0.296 e. The molecular weight excluding hydrogens is 373 g/mol. The minimum Gasteiger partial charge on any atom is -0.296 e. The van der Waals surface area contributed by atoms with Crippen molar-refractivity contribution in [3.63, 3.8) is 0 Å². The van der Waals surface area contributed by atoms with E-state index in [4.69, 9.17) is 0 Å². The lowest BCUT2D eigenvalue weighted by molar-refractivity contribution is -0.137. The quantitative estimate of drug-likeness (QED) is 0.594. The molecule has 7 heteroatoms. The maximum Gasteiger partial charge on any atom is 0.416 e. The zero-order valence-corrected chi connectivity index (χ0v) is 13.0. The summed E-state index contributed by atoms with van der Waals surface area (Å²) in [4.78, 5) is 19.6. The Kier molecular flexibility index (Phi) is 3.89. The van der Waals surface area contributed by atoms with Crippen LogP contribution in [-0.4, -0.2) is 16.3 Å². The molecule has 1 aromatic heterocycles. The molecule has 0 radical (unpaired) electrons. The molecule has 0 aliphatic heterocycles. The molecule has 116 valence electrons. The Morgan fingerprint density at radius 2 is 1.83 bits per heavy atom. The minimum atomic E-state index is -4.48. The molecule has 3 aromatic rings. The standard InChI is InChI=1S/C16H8BrF3N2O/c17-11-3-1-2-9(6-11)15-21-13-7-10(16(18,19)20)4-5-12(13)14(8-23)22-15/h1-8H. The van der Waals surface area contributed by atoms with E-state index in [0.717, 1.165) is 16.6 Å². The van der Waals surface area contributed by atoms with Crippen molar-refractivity contribution in [3.8, 4) is 11.4 Å². The Morgan fingerprint density at radius 3 is 2.48 bits per heavy atom. The monoisotopic (exact) mass is 380 g/mol. The summed E-state index contributed by atoms with van der Waals surface area (Å²) in [5, 5.41) is 0.284. The van der Waals surface area contributed by atoms with Crippen molar-refractivity contribution in [1.29, 1.82) is 0 Å². The summed E-state index contributed by atoms with van der Waals surface area (Å²) in [7, 11) is 0. The van der Waals surface area contributed by atoms with Gasteiger partial charge in [-0.1, -0.05) is 28.1 Å². The summed E-state index contributed by atoms with van der Waals surface area (Å²) >= 11 is 3.31. The molecule has 0 N–H and O–H groups in total. The Labute approximate surface area is 137 Å². The minimum absolute atomic E-state index is 0.0544. The van der Waals surface area contributed by atoms with Crippen molar-refractivity contribution >= 4 is 33.1 Å². The lowest BCUT2D eigenvalue weighted by Crippen LogP contribution is -2.05. The number of alkyl halides is 3. The van der Waals surface area contributed by atoms with Crippen LogP contribution in [0.25, 0.3) is 22.3 Å². The number of carbonyl (C=O) groups excluding carboxylic acids is 1. The van der Waals surface area contributed by atoms with Gasteiger partial charge >= 0.3 is 6.18 Å². The van der Waals surface area contributed by atoms with E-state index in [1.807, 2.05) is 0 Å². The van der Waals surface area contributed by atoms with Crippen LogP contribution in [0.5, 0.6) is 0 Å². The number of aromatic nitrogens is 2.